The van der Waals surface area contributed by atoms with Crippen LogP contribution < -0.4 is 10.7 Å². The Hall–Kier alpha value is -2.05. The van der Waals surface area contributed by atoms with E-state index < -0.39 is 28.6 Å². The number of nitrogens with zero attached hydrogens (tertiary/aromatic N) is 1. The third-order valence-corrected chi connectivity index (χ3v) is 1.56. The van der Waals surface area contributed by atoms with Crippen LogP contribution in [-0.2, 0) is 0 Å². The summed E-state index contributed by atoms with van der Waals surface area (Å²) < 4.78 is 13.1. The van der Waals surface area contributed by atoms with Crippen molar-refractivity contribution < 1.29 is 19.5 Å². The van der Waals surface area contributed by atoms with Crippen LogP contribution in [0.5, 0.6) is 5.75 Å². The van der Waals surface area contributed by atoms with E-state index >= 15 is 0 Å². The van der Waals surface area contributed by atoms with Crippen molar-refractivity contribution in [1.29, 1.82) is 0 Å². The van der Waals surface area contributed by atoms with Gasteiger partial charge in [0.25, 0.3) is 11.3 Å². The number of rotatable bonds is 1. The number of nitrogens with one attached hydrogen (secondary N) is 1. The number of amides is 1. The van der Waals surface area contributed by atoms with E-state index in [0.29, 0.717) is 6.20 Å². The zero-order valence-corrected chi connectivity index (χ0v) is 9.11. The standard InChI is InChI=1S/C7H7FN2O4.C2H6/c1-9-7(13)5-4(8)6(12)3(11)2-10(5)14;1-2/h2,11,14H,1H3,(H,9,13);1-2H3. The second-order valence-electron chi connectivity index (χ2n) is 2.43. The summed E-state index contributed by atoms with van der Waals surface area (Å²) in [5, 5.41) is 19.8. The van der Waals surface area contributed by atoms with Gasteiger partial charge in [-0.05, 0) is 0 Å². The van der Waals surface area contributed by atoms with Gasteiger partial charge < -0.3 is 15.6 Å². The Bertz CT molecular complexity index is 442. The molecule has 0 atom stereocenters. The maximum absolute atomic E-state index is 13.0. The van der Waals surface area contributed by atoms with E-state index in [1.165, 1.54) is 7.05 Å². The topological polar surface area (TPSA) is 91.6 Å². The second-order valence-corrected chi connectivity index (χ2v) is 2.43. The number of aromatic hydroxyl groups is 1. The smallest absolute Gasteiger partial charge is 0.274 e. The lowest BCUT2D eigenvalue weighted by atomic mass is 10.3. The monoisotopic (exact) mass is 232 g/mol. The van der Waals surface area contributed by atoms with Gasteiger partial charge in [-0.2, -0.15) is 9.12 Å². The lowest BCUT2D eigenvalue weighted by molar-refractivity contribution is 0.0895. The first-order valence-electron chi connectivity index (χ1n) is 4.54. The highest BCUT2D eigenvalue weighted by Crippen LogP contribution is 2.07. The Balaban J connectivity index is 0.00000106. The summed E-state index contributed by atoms with van der Waals surface area (Å²) in [5.74, 6) is -3.45. The molecule has 6 nitrogen and oxygen atoms in total. The van der Waals surface area contributed by atoms with Crippen LogP contribution in [0.4, 0.5) is 4.39 Å². The van der Waals surface area contributed by atoms with Crippen molar-refractivity contribution in [3.05, 3.63) is 27.9 Å². The lowest BCUT2D eigenvalue weighted by Gasteiger charge is -2.06. The molecule has 0 bridgehead atoms. The summed E-state index contributed by atoms with van der Waals surface area (Å²) in [6, 6.07) is 0. The molecule has 0 spiro atoms. The summed E-state index contributed by atoms with van der Waals surface area (Å²) in [6.45, 7) is 4.00. The fourth-order valence-corrected chi connectivity index (χ4v) is 0.882. The van der Waals surface area contributed by atoms with Crippen LogP contribution in [0.25, 0.3) is 0 Å². The Kier molecular flexibility index (Phi) is 5.00. The molecule has 1 amide bonds. The lowest BCUT2D eigenvalue weighted by Crippen LogP contribution is -2.28. The van der Waals surface area contributed by atoms with E-state index in [2.05, 4.69) is 0 Å². The van der Waals surface area contributed by atoms with Gasteiger partial charge in [0.2, 0.25) is 5.82 Å². The highest BCUT2D eigenvalue weighted by Gasteiger charge is 2.20. The molecule has 0 aliphatic heterocycles. The normalized spacial score (nSPS) is 9.00. The molecule has 1 aromatic heterocycles. The van der Waals surface area contributed by atoms with Gasteiger partial charge in [0.1, 0.15) is 0 Å². The molecule has 3 N–H and O–H groups in total. The number of halogens is 1. The molecule has 0 aliphatic carbocycles. The quantitative estimate of drug-likeness (QED) is 0.608. The molecule has 0 saturated carbocycles. The highest BCUT2D eigenvalue weighted by molar-refractivity contribution is 5.92. The number of hydrogen-bond donors (Lipinski definition) is 3. The molecule has 1 rings (SSSR count). The van der Waals surface area contributed by atoms with Gasteiger partial charge in [0.05, 0.1) is 6.20 Å². The van der Waals surface area contributed by atoms with Crippen LogP contribution in [0.3, 0.4) is 0 Å². The minimum absolute atomic E-state index is 0.0465. The first-order chi connectivity index (χ1) is 7.49. The summed E-state index contributed by atoms with van der Waals surface area (Å²) >= 11 is 0. The predicted molar refractivity (Wildman–Crippen MR) is 54.2 cm³/mol. The third kappa shape index (κ3) is 2.50. The third-order valence-electron chi connectivity index (χ3n) is 1.56. The predicted octanol–water partition coefficient (Wildman–Crippen LogP) is 0.316. The Labute approximate surface area is 90.9 Å². The summed E-state index contributed by atoms with van der Waals surface area (Å²) in [6.07, 6.45) is 0.538. The van der Waals surface area contributed by atoms with Gasteiger partial charge in [-0.15, -0.1) is 0 Å². The molecule has 0 unspecified atom stereocenters. The minimum atomic E-state index is -1.51. The second kappa shape index (κ2) is 5.74. The summed E-state index contributed by atoms with van der Waals surface area (Å²) in [4.78, 5) is 21.8. The fraction of sp³-hybridized carbons (Fsp3) is 0.333. The van der Waals surface area contributed by atoms with Crippen LogP contribution in [0.15, 0.2) is 11.0 Å². The van der Waals surface area contributed by atoms with E-state index in [1.807, 2.05) is 19.2 Å². The maximum atomic E-state index is 13.0. The van der Waals surface area contributed by atoms with Gasteiger partial charge in [-0.1, -0.05) is 13.8 Å². The Morgan fingerprint density at radius 3 is 2.44 bits per heavy atom. The van der Waals surface area contributed by atoms with Gasteiger partial charge in [0.15, 0.2) is 11.4 Å². The number of aromatic nitrogens is 1. The average molecular weight is 232 g/mol. The van der Waals surface area contributed by atoms with E-state index in [-0.39, 0.29) is 4.73 Å². The first-order valence-corrected chi connectivity index (χ1v) is 4.54. The van der Waals surface area contributed by atoms with Gasteiger partial charge >= 0.3 is 0 Å². The van der Waals surface area contributed by atoms with Gasteiger partial charge in [0, 0.05) is 7.05 Å². The van der Waals surface area contributed by atoms with Crippen molar-refractivity contribution in [3.63, 3.8) is 0 Å². The first kappa shape index (κ1) is 13.9. The summed E-state index contributed by atoms with van der Waals surface area (Å²) in [7, 11) is 1.21. The van der Waals surface area contributed by atoms with Crippen molar-refractivity contribution in [2.45, 2.75) is 13.8 Å². The molecule has 90 valence electrons. The van der Waals surface area contributed by atoms with Crippen LogP contribution in [-0.4, -0.2) is 28.0 Å². The maximum Gasteiger partial charge on any atom is 0.274 e. The minimum Gasteiger partial charge on any atom is -0.503 e. The highest BCUT2D eigenvalue weighted by atomic mass is 19.1. The number of hydrogen-bond acceptors (Lipinski definition) is 4. The van der Waals surface area contributed by atoms with Crippen molar-refractivity contribution in [2.75, 3.05) is 7.05 Å². The van der Waals surface area contributed by atoms with Crippen LogP contribution in [0.1, 0.15) is 24.3 Å². The van der Waals surface area contributed by atoms with Crippen LogP contribution in [0, 0.1) is 5.82 Å². The van der Waals surface area contributed by atoms with Crippen molar-refractivity contribution in [3.8, 4) is 5.75 Å². The van der Waals surface area contributed by atoms with E-state index in [9.17, 15) is 14.0 Å². The van der Waals surface area contributed by atoms with Gasteiger partial charge in [-0.25, -0.2) is 0 Å². The van der Waals surface area contributed by atoms with Gasteiger partial charge in [-0.3, -0.25) is 9.59 Å². The fourth-order valence-electron chi connectivity index (χ4n) is 0.882. The number of pyridine rings is 1. The Morgan fingerprint density at radius 1 is 1.50 bits per heavy atom. The van der Waals surface area contributed by atoms with E-state index in [4.69, 9.17) is 10.3 Å². The molecule has 0 radical (unpaired) electrons. The average Bonchev–Trinajstić information content (AvgIpc) is 2.28. The Morgan fingerprint density at radius 2 is 2.00 bits per heavy atom. The van der Waals surface area contributed by atoms with Crippen LogP contribution in [0.2, 0.25) is 0 Å². The molecule has 7 heteroatoms. The SMILES string of the molecule is CC.CNC(=O)c1c(F)c(=O)c(O)cn1O. The number of carbonyl (C=O) groups excluding carboxylic acids is 1. The molecule has 1 aromatic rings. The van der Waals surface area contributed by atoms with E-state index in [0.717, 1.165) is 0 Å². The molecule has 0 fully saturated rings. The van der Waals surface area contributed by atoms with E-state index in [1.54, 1.807) is 0 Å². The molecule has 0 aliphatic rings. The zero-order valence-electron chi connectivity index (χ0n) is 9.11. The summed E-state index contributed by atoms with van der Waals surface area (Å²) in [5.41, 5.74) is -2.19. The van der Waals surface area contributed by atoms with Crippen molar-refractivity contribution in [2.24, 2.45) is 0 Å². The number of carbonyl (C=O) groups is 1. The molecular formula is C9H13FN2O4. The van der Waals surface area contributed by atoms with Crippen molar-refractivity contribution >= 4 is 5.91 Å². The molecule has 0 saturated heterocycles. The molecular weight excluding hydrogens is 219 g/mol. The van der Waals surface area contributed by atoms with Crippen LogP contribution >= 0.6 is 0 Å². The van der Waals surface area contributed by atoms with Crippen molar-refractivity contribution in [1.82, 2.24) is 10.0 Å². The zero-order chi connectivity index (χ0) is 12.9. The molecule has 16 heavy (non-hydrogen) atoms. The molecule has 1 heterocycles. The molecule has 0 aromatic carbocycles. The largest absolute Gasteiger partial charge is 0.503 e.